The molecule has 0 radical (unpaired) electrons. The maximum atomic E-state index is 10.9. The van der Waals surface area contributed by atoms with Gasteiger partial charge >= 0.3 is 17.9 Å². The van der Waals surface area contributed by atoms with Crippen LogP contribution in [0.1, 0.15) is 12.8 Å². The molecule has 1 unspecified atom stereocenters. The fourth-order valence-electron chi connectivity index (χ4n) is 0.793. The topological polar surface area (TPSA) is 144 Å². The fraction of sp³-hybridized carbons (Fsp3) is 0.571. The maximum absolute atomic E-state index is 10.9. The molecule has 0 fully saturated rings. The van der Waals surface area contributed by atoms with Gasteiger partial charge in [0.05, 0.1) is 25.0 Å². The molecule has 0 bridgehead atoms. The van der Waals surface area contributed by atoms with Gasteiger partial charge < -0.3 is 10.2 Å². The van der Waals surface area contributed by atoms with E-state index in [4.69, 9.17) is 10.2 Å². The molecule has 0 aromatic rings. The van der Waals surface area contributed by atoms with Crippen LogP contribution in [0, 0.1) is 5.92 Å². The number of hydrogen-bond donors (Lipinski definition) is 2. The number of aliphatic carboxylic acids is 2. The van der Waals surface area contributed by atoms with Gasteiger partial charge in [-0.25, -0.2) is 4.79 Å². The summed E-state index contributed by atoms with van der Waals surface area (Å²) in [5, 5.41) is 16.9. The molecule has 0 aliphatic heterocycles. The Bertz CT molecular complexity index is 409. The van der Waals surface area contributed by atoms with E-state index >= 15 is 0 Å². The molecule has 0 aromatic heterocycles. The third-order valence-corrected chi connectivity index (χ3v) is 1.75. The number of carbonyl (C=O) groups is 3. The Morgan fingerprint density at radius 2 is 1.71 bits per heavy atom. The second-order valence-electron chi connectivity index (χ2n) is 3.06. The van der Waals surface area contributed by atoms with Crippen molar-refractivity contribution in [3.05, 3.63) is 0 Å². The Morgan fingerprint density at radius 3 is 2.06 bits per heavy atom. The van der Waals surface area contributed by atoms with Crippen molar-refractivity contribution >= 4 is 28.0 Å². The van der Waals surface area contributed by atoms with E-state index in [9.17, 15) is 22.8 Å². The molecule has 10 heteroatoms. The molecule has 17 heavy (non-hydrogen) atoms. The molecule has 0 saturated heterocycles. The molecule has 0 rings (SSSR count). The van der Waals surface area contributed by atoms with E-state index in [2.05, 4.69) is 9.22 Å². The lowest BCUT2D eigenvalue weighted by Crippen LogP contribution is -2.23. The van der Waals surface area contributed by atoms with Gasteiger partial charge in [0.15, 0.2) is 0 Å². The van der Waals surface area contributed by atoms with Crippen LogP contribution < -0.4 is 0 Å². The second-order valence-corrected chi connectivity index (χ2v) is 4.61. The lowest BCUT2D eigenvalue weighted by atomic mass is 10.0. The Balaban J connectivity index is 4.32. The largest absolute Gasteiger partial charge is 0.481 e. The van der Waals surface area contributed by atoms with E-state index in [1.54, 1.807) is 0 Å². The van der Waals surface area contributed by atoms with Crippen LogP contribution in [0.4, 0.5) is 0 Å². The number of hydrogen-bond acceptors (Lipinski definition) is 7. The van der Waals surface area contributed by atoms with Gasteiger partial charge in [0, 0.05) is 0 Å². The number of carboxylic acids is 2. The summed E-state index contributed by atoms with van der Waals surface area (Å²) in [6.07, 6.45) is -0.979. The molecule has 0 aliphatic carbocycles. The van der Waals surface area contributed by atoms with E-state index < -0.39 is 46.8 Å². The first-order valence-corrected chi connectivity index (χ1v) is 5.97. The van der Waals surface area contributed by atoms with Crippen LogP contribution in [0.15, 0.2) is 0 Å². The van der Waals surface area contributed by atoms with Gasteiger partial charge in [-0.2, -0.15) is 8.42 Å². The third-order valence-electron chi connectivity index (χ3n) is 1.43. The molecule has 0 amide bonds. The van der Waals surface area contributed by atoms with Gasteiger partial charge in [-0.3, -0.25) is 14.5 Å². The summed E-state index contributed by atoms with van der Waals surface area (Å²) in [6.45, 7) is 0. The van der Waals surface area contributed by atoms with Gasteiger partial charge in [-0.15, -0.1) is 0 Å². The van der Waals surface area contributed by atoms with Crippen LogP contribution >= 0.6 is 0 Å². The summed E-state index contributed by atoms with van der Waals surface area (Å²) < 4.78 is 24.5. The molecule has 0 spiro atoms. The zero-order chi connectivity index (χ0) is 13.6. The molecule has 9 nitrogen and oxygen atoms in total. The van der Waals surface area contributed by atoms with Crippen LogP contribution in [-0.2, 0) is 33.7 Å². The van der Waals surface area contributed by atoms with Gasteiger partial charge in [0.1, 0.15) is 0 Å². The molecule has 2 N–H and O–H groups in total. The lowest BCUT2D eigenvalue weighted by Gasteiger charge is -2.07. The van der Waals surface area contributed by atoms with Crippen molar-refractivity contribution in [3.63, 3.8) is 0 Å². The zero-order valence-corrected chi connectivity index (χ0v) is 9.47. The Hall–Kier alpha value is -1.68. The van der Waals surface area contributed by atoms with Crippen molar-refractivity contribution in [1.29, 1.82) is 0 Å². The number of rotatable bonds is 7. The van der Waals surface area contributed by atoms with Gasteiger partial charge in [-0.05, 0) is 0 Å². The molecule has 1 atom stereocenters. The van der Waals surface area contributed by atoms with Crippen LogP contribution in [-0.4, -0.2) is 42.8 Å². The minimum absolute atomic E-state index is 0.617. The molecule has 0 heterocycles. The first kappa shape index (κ1) is 15.3. The number of carbonyl (C=O) groups excluding carboxylic acids is 1. The smallest absolute Gasteiger partial charge is 0.344 e. The van der Waals surface area contributed by atoms with E-state index in [1.165, 1.54) is 0 Å². The Kier molecular flexibility index (Phi) is 5.55. The minimum atomic E-state index is -4.01. The summed E-state index contributed by atoms with van der Waals surface area (Å²) in [6, 6.07) is 0. The van der Waals surface area contributed by atoms with Crippen LogP contribution in [0.2, 0.25) is 0 Å². The predicted octanol–water partition coefficient (Wildman–Crippen LogP) is -1.01. The molecule has 0 aromatic carbocycles. The Morgan fingerprint density at radius 1 is 1.18 bits per heavy atom. The van der Waals surface area contributed by atoms with E-state index in [0.29, 0.717) is 6.26 Å². The first-order valence-electron chi connectivity index (χ1n) is 4.15. The second kappa shape index (κ2) is 6.15. The van der Waals surface area contributed by atoms with Gasteiger partial charge in [0.2, 0.25) is 0 Å². The van der Waals surface area contributed by atoms with E-state index in [1.807, 2.05) is 0 Å². The average molecular weight is 270 g/mol. The summed E-state index contributed by atoms with van der Waals surface area (Å²) in [5.74, 6) is -5.72. The maximum Gasteiger partial charge on any atom is 0.344 e. The molecular weight excluding hydrogens is 260 g/mol. The Labute approximate surface area is 96.0 Å². The number of carboxylic acid groups (broad SMARTS) is 2. The van der Waals surface area contributed by atoms with Gasteiger partial charge in [0.25, 0.3) is 10.1 Å². The van der Waals surface area contributed by atoms with Crippen LogP contribution in [0.3, 0.4) is 0 Å². The van der Waals surface area contributed by atoms with Crippen molar-refractivity contribution < 1.29 is 42.2 Å². The minimum Gasteiger partial charge on any atom is -0.481 e. The van der Waals surface area contributed by atoms with Crippen LogP contribution in [0.5, 0.6) is 0 Å². The molecule has 0 aliphatic rings. The van der Waals surface area contributed by atoms with Crippen molar-refractivity contribution in [3.8, 4) is 0 Å². The SMILES string of the molecule is CS(=O)(=O)OOC(=O)CC(CC(=O)O)C(=O)O. The summed E-state index contributed by atoms with van der Waals surface area (Å²) >= 11 is 0. The molecular formula is C7H10O9S. The first-order chi connectivity index (χ1) is 7.61. The summed E-state index contributed by atoms with van der Waals surface area (Å²) in [4.78, 5) is 35.5. The fourth-order valence-corrected chi connectivity index (χ4v) is 0.992. The van der Waals surface area contributed by atoms with E-state index in [0.717, 1.165) is 0 Å². The lowest BCUT2D eigenvalue weighted by molar-refractivity contribution is -0.212. The summed E-state index contributed by atoms with van der Waals surface area (Å²) in [7, 11) is -4.01. The average Bonchev–Trinajstić information content (AvgIpc) is 2.11. The molecule has 98 valence electrons. The van der Waals surface area contributed by atoms with E-state index in [-0.39, 0.29) is 0 Å². The molecule has 0 saturated carbocycles. The predicted molar refractivity (Wildman–Crippen MR) is 50.0 cm³/mol. The van der Waals surface area contributed by atoms with Gasteiger partial charge in [-0.1, -0.05) is 4.33 Å². The van der Waals surface area contributed by atoms with Crippen molar-refractivity contribution in [2.45, 2.75) is 12.8 Å². The van der Waals surface area contributed by atoms with Crippen molar-refractivity contribution in [1.82, 2.24) is 0 Å². The summed E-state index contributed by atoms with van der Waals surface area (Å²) in [5.41, 5.74) is 0. The monoisotopic (exact) mass is 270 g/mol. The highest BCUT2D eigenvalue weighted by atomic mass is 32.2. The van der Waals surface area contributed by atoms with Crippen molar-refractivity contribution in [2.75, 3.05) is 6.26 Å². The third kappa shape index (κ3) is 8.16. The zero-order valence-electron chi connectivity index (χ0n) is 8.65. The standard InChI is InChI=1S/C7H10O9S/c1-17(13,14)16-15-6(10)3-4(7(11)12)2-5(8)9/h4H,2-3H2,1H3,(H,8,9)(H,11,12). The quantitative estimate of drug-likeness (QED) is 0.438. The van der Waals surface area contributed by atoms with Crippen molar-refractivity contribution in [2.24, 2.45) is 5.92 Å². The normalized spacial score (nSPS) is 12.8. The highest BCUT2D eigenvalue weighted by Gasteiger charge is 2.26. The highest BCUT2D eigenvalue weighted by Crippen LogP contribution is 2.10. The van der Waals surface area contributed by atoms with Crippen LogP contribution in [0.25, 0.3) is 0 Å². The highest BCUT2D eigenvalue weighted by molar-refractivity contribution is 7.85.